The lowest BCUT2D eigenvalue weighted by atomic mass is 10.0. The topological polar surface area (TPSA) is 105 Å². The van der Waals surface area contributed by atoms with Crippen LogP contribution in [0, 0.1) is 0 Å². The predicted molar refractivity (Wildman–Crippen MR) is 159 cm³/mol. The molecule has 1 unspecified atom stereocenters. The van der Waals surface area contributed by atoms with Crippen molar-refractivity contribution in [3.05, 3.63) is 89.1 Å². The molecule has 1 fully saturated rings. The number of hydrogen-bond donors (Lipinski definition) is 1. The zero-order chi connectivity index (χ0) is 29.4. The van der Waals surface area contributed by atoms with Crippen LogP contribution in [0.5, 0.6) is 0 Å². The van der Waals surface area contributed by atoms with E-state index in [4.69, 9.17) is 5.73 Å². The maximum absolute atomic E-state index is 12.8. The van der Waals surface area contributed by atoms with Crippen molar-refractivity contribution >= 4 is 46.9 Å². The van der Waals surface area contributed by atoms with Gasteiger partial charge in [0, 0.05) is 17.7 Å². The van der Waals surface area contributed by atoms with Gasteiger partial charge in [-0.1, -0.05) is 80.2 Å². The number of carbonyl (C=O) groups excluding carboxylic acids is 1. The summed E-state index contributed by atoms with van der Waals surface area (Å²) in [5.74, 6) is 1.09. The molecule has 1 saturated heterocycles. The van der Waals surface area contributed by atoms with E-state index in [1.54, 1.807) is 35.4 Å². The number of thioether (sulfide) groups is 1. The molecular weight excluding hydrogens is 553 g/mol. The van der Waals surface area contributed by atoms with E-state index >= 15 is 0 Å². The summed E-state index contributed by atoms with van der Waals surface area (Å²) in [6.07, 6.45) is 1.82. The van der Waals surface area contributed by atoms with Gasteiger partial charge in [0.1, 0.15) is 12.2 Å². The van der Waals surface area contributed by atoms with Crippen molar-refractivity contribution in [3.8, 4) is 0 Å². The average Bonchev–Trinajstić information content (AvgIpc) is 2.93. The van der Waals surface area contributed by atoms with E-state index < -0.39 is 12.5 Å². The van der Waals surface area contributed by atoms with Crippen LogP contribution in [0.15, 0.2) is 92.6 Å². The third-order valence-corrected chi connectivity index (χ3v) is 7.00. The first-order chi connectivity index (χ1) is 19.6. The molecular formula is C29H29F3N6O2S. The summed E-state index contributed by atoms with van der Waals surface area (Å²) in [6, 6.07) is 15.0. The molecule has 0 aromatic heterocycles. The molecule has 1 aliphatic heterocycles. The Balaban J connectivity index is 1.39. The van der Waals surface area contributed by atoms with Gasteiger partial charge in [-0.3, -0.25) is 14.4 Å². The Morgan fingerprint density at radius 2 is 1.93 bits per heavy atom. The number of nitrogens with two attached hydrogens (primary N) is 1. The Morgan fingerprint density at radius 1 is 1.17 bits per heavy atom. The number of carbonyl (C=O) groups is 1. The van der Waals surface area contributed by atoms with E-state index in [0.717, 1.165) is 16.8 Å². The van der Waals surface area contributed by atoms with Crippen LogP contribution in [0.4, 0.5) is 18.9 Å². The van der Waals surface area contributed by atoms with Gasteiger partial charge in [0.2, 0.25) is 5.91 Å². The lowest BCUT2D eigenvalue weighted by Crippen LogP contribution is -2.39. The minimum atomic E-state index is -4.69. The van der Waals surface area contributed by atoms with Crippen LogP contribution >= 0.6 is 11.8 Å². The SMILES string of the molecule is CC(C)c1ccccc1N1C(=O)CCS/C1=N\N=C\c1ccc(C(N)=NC=NC2=CCC(OC(F)(F)F)C=C2)cc1. The molecule has 1 amide bonds. The number of para-hydroxylation sites is 1. The Hall–Kier alpha value is -4.03. The summed E-state index contributed by atoms with van der Waals surface area (Å²) in [5.41, 5.74) is 9.82. The summed E-state index contributed by atoms with van der Waals surface area (Å²) in [7, 11) is 0. The number of amides is 1. The summed E-state index contributed by atoms with van der Waals surface area (Å²) in [6.45, 7) is 4.17. The second-order valence-corrected chi connectivity index (χ2v) is 10.4. The molecule has 2 aromatic carbocycles. The summed E-state index contributed by atoms with van der Waals surface area (Å²) < 4.78 is 40.9. The number of anilines is 1. The molecule has 0 radical (unpaired) electrons. The molecule has 1 aliphatic carbocycles. The number of amidine groups is 2. The lowest BCUT2D eigenvalue weighted by molar-refractivity contribution is -0.336. The quantitative estimate of drug-likeness (QED) is 0.229. The summed E-state index contributed by atoms with van der Waals surface area (Å²) in [4.78, 5) is 22.7. The van der Waals surface area contributed by atoms with E-state index in [1.807, 2.05) is 24.3 Å². The third-order valence-electron chi connectivity index (χ3n) is 6.07. The van der Waals surface area contributed by atoms with Crippen molar-refractivity contribution in [2.75, 3.05) is 10.7 Å². The van der Waals surface area contributed by atoms with Gasteiger partial charge in [-0.2, -0.15) is 5.10 Å². The second-order valence-electron chi connectivity index (χ2n) is 9.38. The zero-order valence-corrected chi connectivity index (χ0v) is 23.3. The molecule has 0 saturated carbocycles. The Labute approximate surface area is 240 Å². The number of rotatable bonds is 8. The summed E-state index contributed by atoms with van der Waals surface area (Å²) in [5, 5.41) is 9.13. The van der Waals surface area contributed by atoms with E-state index in [-0.39, 0.29) is 24.1 Å². The fraction of sp³-hybridized carbons (Fsp3) is 0.276. The van der Waals surface area contributed by atoms with E-state index in [2.05, 4.69) is 38.8 Å². The number of ether oxygens (including phenoxy) is 1. The number of aliphatic imine (C=N–C) groups is 2. The van der Waals surface area contributed by atoms with E-state index in [0.29, 0.717) is 28.6 Å². The second kappa shape index (κ2) is 13.6. The number of alkyl halides is 3. The molecule has 8 nitrogen and oxygen atoms in total. The molecule has 41 heavy (non-hydrogen) atoms. The van der Waals surface area contributed by atoms with Crippen molar-refractivity contribution in [1.29, 1.82) is 0 Å². The zero-order valence-electron chi connectivity index (χ0n) is 22.5. The maximum Gasteiger partial charge on any atom is 0.523 e. The highest BCUT2D eigenvalue weighted by Gasteiger charge is 2.33. The molecule has 214 valence electrons. The molecule has 4 rings (SSSR count). The van der Waals surface area contributed by atoms with Gasteiger partial charge in [-0.25, -0.2) is 9.98 Å². The standard InChI is InChI=1S/C29H29F3N6O2S/c1-19(2)24-5-3-4-6-25(24)38-26(39)15-16-41-28(38)37-36-17-20-7-9-21(10-8-20)27(33)35-18-34-22-11-13-23(14-12-22)40-29(30,31)32/h3-13,17-19,23H,14-16H2,1-2H3,(H2,33,34,35)/b36-17+,37-28-. The number of hydrogen-bond acceptors (Lipinski definition) is 6. The van der Waals surface area contributed by atoms with Gasteiger partial charge in [0.05, 0.1) is 23.7 Å². The van der Waals surface area contributed by atoms with Crippen LogP contribution in [0.3, 0.4) is 0 Å². The van der Waals surface area contributed by atoms with Crippen molar-refractivity contribution in [2.24, 2.45) is 25.9 Å². The van der Waals surface area contributed by atoms with Crippen LogP contribution in [-0.4, -0.2) is 47.7 Å². The van der Waals surface area contributed by atoms with Crippen molar-refractivity contribution < 1.29 is 22.7 Å². The predicted octanol–water partition coefficient (Wildman–Crippen LogP) is 6.15. The number of allylic oxidation sites excluding steroid dienone is 1. The number of nitrogens with zero attached hydrogens (tertiary/aromatic N) is 5. The van der Waals surface area contributed by atoms with E-state index in [9.17, 15) is 18.0 Å². The van der Waals surface area contributed by atoms with Gasteiger partial charge < -0.3 is 5.73 Å². The largest absolute Gasteiger partial charge is 0.523 e. The minimum Gasteiger partial charge on any atom is -0.383 e. The summed E-state index contributed by atoms with van der Waals surface area (Å²) >= 11 is 1.49. The minimum absolute atomic E-state index is 0.0103. The number of benzene rings is 2. The van der Waals surface area contributed by atoms with Gasteiger partial charge in [0.15, 0.2) is 5.17 Å². The Bertz CT molecular complexity index is 1430. The molecule has 0 spiro atoms. The molecule has 1 heterocycles. The van der Waals surface area contributed by atoms with Crippen LogP contribution in [-0.2, 0) is 9.53 Å². The van der Waals surface area contributed by atoms with Crippen LogP contribution < -0.4 is 10.6 Å². The van der Waals surface area contributed by atoms with Crippen molar-refractivity contribution in [3.63, 3.8) is 0 Å². The molecule has 0 bridgehead atoms. The van der Waals surface area contributed by atoms with Crippen LogP contribution in [0.25, 0.3) is 0 Å². The molecule has 2 aromatic rings. The van der Waals surface area contributed by atoms with Crippen molar-refractivity contribution in [2.45, 2.75) is 45.1 Å². The average molecular weight is 583 g/mol. The third kappa shape index (κ3) is 8.48. The van der Waals surface area contributed by atoms with Gasteiger partial charge >= 0.3 is 6.36 Å². The Morgan fingerprint density at radius 3 is 2.61 bits per heavy atom. The van der Waals surface area contributed by atoms with Crippen molar-refractivity contribution in [1.82, 2.24) is 0 Å². The highest BCUT2D eigenvalue weighted by atomic mass is 32.2. The molecule has 2 aliphatic rings. The first-order valence-electron chi connectivity index (χ1n) is 12.9. The van der Waals surface area contributed by atoms with Gasteiger partial charge in [-0.05, 0) is 35.6 Å². The first-order valence-corrected chi connectivity index (χ1v) is 13.8. The molecule has 1 atom stereocenters. The van der Waals surface area contributed by atoms with Crippen LogP contribution in [0.2, 0.25) is 0 Å². The highest BCUT2D eigenvalue weighted by molar-refractivity contribution is 8.14. The number of halogens is 3. The normalized spacial score (nSPS) is 19.7. The molecule has 12 heteroatoms. The van der Waals surface area contributed by atoms with Gasteiger partial charge in [-0.15, -0.1) is 18.3 Å². The smallest absolute Gasteiger partial charge is 0.383 e. The fourth-order valence-corrected chi connectivity index (χ4v) is 4.96. The first kappa shape index (κ1) is 29.9. The maximum atomic E-state index is 12.8. The van der Waals surface area contributed by atoms with E-state index in [1.165, 1.54) is 36.3 Å². The van der Waals surface area contributed by atoms with Gasteiger partial charge in [0.25, 0.3) is 0 Å². The Kier molecular flexibility index (Phi) is 9.90. The molecule has 2 N–H and O–H groups in total. The van der Waals surface area contributed by atoms with Crippen LogP contribution in [0.1, 0.15) is 49.3 Å². The lowest BCUT2D eigenvalue weighted by Gasteiger charge is -2.29. The fourth-order valence-electron chi connectivity index (χ4n) is 4.06. The highest BCUT2D eigenvalue weighted by Crippen LogP contribution is 2.32. The monoisotopic (exact) mass is 582 g/mol.